The summed E-state index contributed by atoms with van der Waals surface area (Å²) in [7, 11) is 0. The Morgan fingerprint density at radius 3 is 1.08 bits per heavy atom. The van der Waals surface area contributed by atoms with Crippen LogP contribution in [0.3, 0.4) is 0 Å². The van der Waals surface area contributed by atoms with Crippen molar-refractivity contribution in [3.05, 3.63) is 0 Å². The summed E-state index contributed by atoms with van der Waals surface area (Å²) < 4.78 is -1.38. The zero-order chi connectivity index (χ0) is 10.2. The predicted octanol–water partition coefficient (Wildman–Crippen LogP) is 2.72. The molecule has 0 fully saturated rings. The first-order valence-corrected chi connectivity index (χ1v) is 6.36. The SMILES string of the molecule is CC(Br)(Br)C(O)C(O)C(C)(Br)Br. The predicted molar refractivity (Wildman–Crippen MR) is 64.5 cm³/mol. The van der Waals surface area contributed by atoms with Crippen molar-refractivity contribution in [2.75, 3.05) is 0 Å². The van der Waals surface area contributed by atoms with Gasteiger partial charge in [0.2, 0.25) is 0 Å². The molecular formula is C6H10Br4O2. The molecule has 0 aliphatic carbocycles. The highest BCUT2D eigenvalue weighted by atomic mass is 79.9. The third kappa shape index (κ3) is 4.37. The number of halogens is 4. The largest absolute Gasteiger partial charge is 0.388 e. The Kier molecular flexibility index (Phi) is 5.27. The van der Waals surface area contributed by atoms with E-state index in [0.29, 0.717) is 0 Å². The molecule has 6 heteroatoms. The van der Waals surface area contributed by atoms with Crippen molar-refractivity contribution < 1.29 is 10.2 Å². The fourth-order valence-corrected chi connectivity index (χ4v) is 1.56. The second-order valence-corrected chi connectivity index (χ2v) is 11.5. The minimum absolute atomic E-state index is 0.692. The van der Waals surface area contributed by atoms with E-state index in [0.717, 1.165) is 0 Å². The molecule has 12 heavy (non-hydrogen) atoms. The molecule has 0 aromatic rings. The molecule has 2 nitrogen and oxygen atoms in total. The third-order valence-corrected chi connectivity index (χ3v) is 3.21. The Hall–Kier alpha value is 1.84. The third-order valence-electron chi connectivity index (χ3n) is 1.34. The van der Waals surface area contributed by atoms with Crippen molar-refractivity contribution in [3.8, 4) is 0 Å². The van der Waals surface area contributed by atoms with E-state index in [2.05, 4.69) is 63.7 Å². The van der Waals surface area contributed by atoms with Crippen LogP contribution in [-0.4, -0.2) is 28.9 Å². The van der Waals surface area contributed by atoms with Gasteiger partial charge in [-0.05, 0) is 13.8 Å². The maximum atomic E-state index is 9.59. The molecule has 0 saturated heterocycles. The van der Waals surface area contributed by atoms with Crippen LogP contribution in [0.5, 0.6) is 0 Å². The number of alkyl halides is 4. The minimum atomic E-state index is -0.929. The molecule has 0 aliphatic heterocycles. The lowest BCUT2D eigenvalue weighted by Crippen LogP contribution is -2.46. The highest BCUT2D eigenvalue weighted by Crippen LogP contribution is 2.38. The quantitative estimate of drug-likeness (QED) is 0.672. The highest BCUT2D eigenvalue weighted by molar-refractivity contribution is 9.25. The van der Waals surface area contributed by atoms with Gasteiger partial charge in [0.15, 0.2) is 0 Å². The van der Waals surface area contributed by atoms with Crippen molar-refractivity contribution in [2.24, 2.45) is 0 Å². The molecule has 0 heterocycles. The van der Waals surface area contributed by atoms with Crippen LogP contribution in [-0.2, 0) is 0 Å². The summed E-state index contributed by atoms with van der Waals surface area (Å²) in [6, 6.07) is 0. The number of rotatable bonds is 3. The van der Waals surface area contributed by atoms with E-state index >= 15 is 0 Å². The van der Waals surface area contributed by atoms with Gasteiger partial charge in [-0.1, -0.05) is 63.7 Å². The van der Waals surface area contributed by atoms with Crippen LogP contribution in [0.4, 0.5) is 0 Å². The second kappa shape index (κ2) is 4.57. The van der Waals surface area contributed by atoms with Gasteiger partial charge in [-0.15, -0.1) is 0 Å². The first-order chi connectivity index (χ1) is 5.07. The molecule has 0 bridgehead atoms. The Morgan fingerprint density at radius 1 is 0.833 bits per heavy atom. The lowest BCUT2D eigenvalue weighted by molar-refractivity contribution is 0.0161. The summed E-state index contributed by atoms with van der Waals surface area (Å²) in [6.07, 6.45) is -1.86. The smallest absolute Gasteiger partial charge is 0.107 e. The van der Waals surface area contributed by atoms with Gasteiger partial charge in [-0.3, -0.25) is 0 Å². The molecule has 2 unspecified atom stereocenters. The van der Waals surface area contributed by atoms with Crippen LogP contribution in [0.15, 0.2) is 0 Å². The fraction of sp³-hybridized carbons (Fsp3) is 1.00. The zero-order valence-corrected chi connectivity index (χ0v) is 12.9. The lowest BCUT2D eigenvalue weighted by atomic mass is 10.1. The van der Waals surface area contributed by atoms with E-state index in [-0.39, 0.29) is 0 Å². The number of hydrogen-bond acceptors (Lipinski definition) is 2. The topological polar surface area (TPSA) is 40.5 Å². The molecule has 0 saturated carbocycles. The number of hydrogen-bond donors (Lipinski definition) is 2. The molecule has 0 amide bonds. The van der Waals surface area contributed by atoms with Crippen LogP contribution < -0.4 is 0 Å². The molecule has 0 radical (unpaired) electrons. The van der Waals surface area contributed by atoms with E-state index in [9.17, 15) is 10.2 Å². The van der Waals surface area contributed by atoms with Crippen molar-refractivity contribution >= 4 is 63.7 Å². The Morgan fingerprint density at radius 2 is 1.00 bits per heavy atom. The van der Waals surface area contributed by atoms with Gasteiger partial charge >= 0.3 is 0 Å². The molecular weight excluding hydrogens is 424 g/mol. The maximum absolute atomic E-state index is 9.59. The molecule has 0 aromatic heterocycles. The van der Waals surface area contributed by atoms with Crippen molar-refractivity contribution in [1.82, 2.24) is 0 Å². The molecule has 2 N–H and O–H groups in total. The molecule has 0 aromatic carbocycles. The van der Waals surface area contributed by atoms with Crippen molar-refractivity contribution in [2.45, 2.75) is 32.5 Å². The van der Waals surface area contributed by atoms with Gasteiger partial charge in [0.1, 0.15) is 18.7 Å². The summed E-state index contributed by atoms with van der Waals surface area (Å²) in [4.78, 5) is 0. The average Bonchev–Trinajstić information content (AvgIpc) is 1.80. The van der Waals surface area contributed by atoms with Gasteiger partial charge in [-0.25, -0.2) is 0 Å². The zero-order valence-electron chi connectivity index (χ0n) is 6.56. The van der Waals surface area contributed by atoms with Crippen molar-refractivity contribution in [3.63, 3.8) is 0 Å². The van der Waals surface area contributed by atoms with Crippen LogP contribution in [0.1, 0.15) is 13.8 Å². The molecule has 0 rings (SSSR count). The molecule has 0 aliphatic rings. The minimum Gasteiger partial charge on any atom is -0.388 e. The first kappa shape index (κ1) is 13.8. The first-order valence-electron chi connectivity index (χ1n) is 3.18. The average molecular weight is 434 g/mol. The molecule has 74 valence electrons. The van der Waals surface area contributed by atoms with Gasteiger partial charge in [0.05, 0.1) is 0 Å². The summed E-state index contributed by atoms with van der Waals surface area (Å²) in [5, 5.41) is 19.2. The summed E-state index contributed by atoms with van der Waals surface area (Å²) in [5.41, 5.74) is 0. The fourth-order valence-electron chi connectivity index (χ4n) is 0.554. The van der Waals surface area contributed by atoms with Gasteiger partial charge in [0, 0.05) is 0 Å². The van der Waals surface area contributed by atoms with Crippen LogP contribution >= 0.6 is 63.7 Å². The Labute approximate surface area is 106 Å². The molecule has 0 spiro atoms. The summed E-state index contributed by atoms with van der Waals surface area (Å²) in [6.45, 7) is 3.43. The molecule has 2 atom stereocenters. The highest BCUT2D eigenvalue weighted by Gasteiger charge is 2.40. The summed E-state index contributed by atoms with van der Waals surface area (Å²) >= 11 is 12.8. The van der Waals surface area contributed by atoms with E-state index in [1.165, 1.54) is 0 Å². The monoisotopic (exact) mass is 430 g/mol. The van der Waals surface area contributed by atoms with Gasteiger partial charge in [0.25, 0.3) is 0 Å². The Balaban J connectivity index is 4.41. The van der Waals surface area contributed by atoms with Crippen LogP contribution in [0, 0.1) is 0 Å². The van der Waals surface area contributed by atoms with Crippen molar-refractivity contribution in [1.29, 1.82) is 0 Å². The normalized spacial score (nSPS) is 19.0. The van der Waals surface area contributed by atoms with E-state index < -0.39 is 18.7 Å². The summed E-state index contributed by atoms with van der Waals surface area (Å²) in [5.74, 6) is 0. The second-order valence-electron chi connectivity index (χ2n) is 2.80. The van der Waals surface area contributed by atoms with E-state index in [1.54, 1.807) is 13.8 Å². The van der Waals surface area contributed by atoms with E-state index in [1.807, 2.05) is 0 Å². The lowest BCUT2D eigenvalue weighted by Gasteiger charge is -2.32. The van der Waals surface area contributed by atoms with Gasteiger partial charge in [-0.2, -0.15) is 0 Å². The van der Waals surface area contributed by atoms with Crippen LogP contribution in [0.2, 0.25) is 0 Å². The standard InChI is InChI=1S/C6H10Br4O2/c1-5(7,8)3(11)4(12)6(2,9)10/h3-4,11-12H,1-2H3. The number of aliphatic hydroxyl groups is 2. The number of aliphatic hydroxyl groups excluding tert-OH is 2. The van der Waals surface area contributed by atoms with E-state index in [4.69, 9.17) is 0 Å². The Bertz CT molecular complexity index is 131. The maximum Gasteiger partial charge on any atom is 0.107 e. The van der Waals surface area contributed by atoms with Gasteiger partial charge < -0.3 is 10.2 Å². The van der Waals surface area contributed by atoms with Crippen LogP contribution in [0.25, 0.3) is 0 Å².